The van der Waals surface area contributed by atoms with Crippen LogP contribution in [-0.4, -0.2) is 46.3 Å². The van der Waals surface area contributed by atoms with Crippen molar-refractivity contribution in [1.82, 2.24) is 20.4 Å². The molecule has 1 saturated heterocycles. The van der Waals surface area contributed by atoms with E-state index in [9.17, 15) is 4.79 Å². The molecule has 2 aromatic carbocycles. The topological polar surface area (TPSA) is 71.3 Å². The van der Waals surface area contributed by atoms with E-state index in [0.29, 0.717) is 31.3 Å². The second-order valence-electron chi connectivity index (χ2n) is 8.07. The number of thioether (sulfide) groups is 1. The molecule has 174 valence electrons. The lowest BCUT2D eigenvalue weighted by Crippen LogP contribution is -2.43. The molecule has 1 aliphatic rings. The van der Waals surface area contributed by atoms with Crippen molar-refractivity contribution in [2.75, 3.05) is 25.4 Å². The van der Waals surface area contributed by atoms with Gasteiger partial charge in [-0.25, -0.2) is 0 Å². The van der Waals surface area contributed by atoms with Crippen LogP contribution in [0, 0.1) is 5.92 Å². The molecule has 1 N–H and O–H groups in total. The van der Waals surface area contributed by atoms with Gasteiger partial charge in [0, 0.05) is 39.7 Å². The largest absolute Gasteiger partial charge is 0.355 e. The van der Waals surface area contributed by atoms with Crippen molar-refractivity contribution in [3.63, 3.8) is 0 Å². The number of carbonyl (C=O) groups is 1. The molecule has 33 heavy (non-hydrogen) atoms. The van der Waals surface area contributed by atoms with E-state index < -0.39 is 0 Å². The number of nitrogens with one attached hydrogen (secondary N) is 1. The first-order chi connectivity index (χ1) is 16.1. The fraction of sp³-hybridized carbons (Fsp3) is 0.375. The van der Waals surface area contributed by atoms with Gasteiger partial charge in [0.1, 0.15) is 0 Å². The summed E-state index contributed by atoms with van der Waals surface area (Å²) in [5.74, 6) is 3.04. The number of aromatic nitrogens is 2. The Bertz CT molecular complexity index is 1060. The van der Waals surface area contributed by atoms with Crippen molar-refractivity contribution in [1.29, 1.82) is 0 Å². The highest BCUT2D eigenvalue weighted by Gasteiger charge is 2.26. The number of halogens is 2. The molecule has 4 rings (SSSR count). The molecule has 0 saturated carbocycles. The highest BCUT2D eigenvalue weighted by molar-refractivity contribution is 9.10. The number of benzene rings is 2. The van der Waals surface area contributed by atoms with Crippen molar-refractivity contribution < 1.29 is 9.32 Å². The Balaban J connectivity index is 1.19. The number of piperidine rings is 1. The van der Waals surface area contributed by atoms with Gasteiger partial charge in [0.05, 0.1) is 12.5 Å². The molecule has 0 radical (unpaired) electrons. The van der Waals surface area contributed by atoms with E-state index in [-0.39, 0.29) is 11.8 Å². The maximum absolute atomic E-state index is 12.7. The molecule has 1 aromatic heterocycles. The van der Waals surface area contributed by atoms with Gasteiger partial charge in [-0.3, -0.25) is 9.69 Å². The first-order valence-electron chi connectivity index (χ1n) is 11.0. The summed E-state index contributed by atoms with van der Waals surface area (Å²) in [5.41, 5.74) is 2.11. The number of hydrogen-bond acceptors (Lipinski definition) is 6. The highest BCUT2D eigenvalue weighted by Crippen LogP contribution is 2.22. The molecule has 0 aliphatic carbocycles. The molecule has 9 heteroatoms. The fourth-order valence-electron chi connectivity index (χ4n) is 3.85. The van der Waals surface area contributed by atoms with Gasteiger partial charge in [-0.2, -0.15) is 16.7 Å². The standard InChI is InChI=1S/C24H26BrClN4O2S/c25-20-8-6-18(7-9-20)23-28-22(32-29-23)15-30-11-2-4-19(14-30)24(31)27-10-12-33-16-17-3-1-5-21(26)13-17/h1,3,5-9,13,19H,2,4,10-12,14-16H2,(H,27,31). The molecule has 0 spiro atoms. The van der Waals surface area contributed by atoms with Crippen LogP contribution in [0.15, 0.2) is 57.5 Å². The van der Waals surface area contributed by atoms with Crippen LogP contribution in [0.25, 0.3) is 11.4 Å². The van der Waals surface area contributed by atoms with Crippen LogP contribution >= 0.6 is 39.3 Å². The smallest absolute Gasteiger partial charge is 0.241 e. The Kier molecular flexibility index (Phi) is 8.83. The van der Waals surface area contributed by atoms with Crippen LogP contribution in [0.4, 0.5) is 0 Å². The molecule has 2 heterocycles. The molecule has 1 amide bonds. The first kappa shape index (κ1) is 24.3. The van der Waals surface area contributed by atoms with E-state index in [1.807, 2.05) is 42.5 Å². The molecular weight excluding hydrogens is 524 g/mol. The molecule has 1 fully saturated rings. The summed E-state index contributed by atoms with van der Waals surface area (Å²) in [4.78, 5) is 19.4. The fourth-order valence-corrected chi connectivity index (χ4v) is 5.13. The van der Waals surface area contributed by atoms with Crippen molar-refractivity contribution in [2.24, 2.45) is 5.92 Å². The van der Waals surface area contributed by atoms with Gasteiger partial charge >= 0.3 is 0 Å². The number of rotatable bonds is 9. The second-order valence-corrected chi connectivity index (χ2v) is 10.5. The number of nitrogens with zero attached hydrogens (tertiary/aromatic N) is 3. The van der Waals surface area contributed by atoms with E-state index >= 15 is 0 Å². The number of carbonyl (C=O) groups excluding carboxylic acids is 1. The average Bonchev–Trinajstić information content (AvgIpc) is 3.28. The van der Waals surface area contributed by atoms with Crippen LogP contribution in [0.2, 0.25) is 5.02 Å². The van der Waals surface area contributed by atoms with Gasteiger partial charge in [-0.15, -0.1) is 0 Å². The third-order valence-corrected chi connectivity index (χ3v) is 7.30. The van der Waals surface area contributed by atoms with Crippen LogP contribution in [-0.2, 0) is 17.1 Å². The highest BCUT2D eigenvalue weighted by atomic mass is 79.9. The minimum absolute atomic E-state index is 0.00875. The summed E-state index contributed by atoms with van der Waals surface area (Å²) in [6.45, 7) is 2.86. The van der Waals surface area contributed by atoms with E-state index in [1.165, 1.54) is 5.56 Å². The molecular formula is C24H26BrClN4O2S. The van der Waals surface area contributed by atoms with Crippen molar-refractivity contribution in [3.05, 3.63) is 69.5 Å². The Hall–Kier alpha value is -1.87. The summed E-state index contributed by atoms with van der Waals surface area (Å²) >= 11 is 11.3. The lowest BCUT2D eigenvalue weighted by molar-refractivity contribution is -0.126. The quantitative estimate of drug-likeness (QED) is 0.360. The number of amides is 1. The van der Waals surface area contributed by atoms with Gasteiger partial charge in [-0.1, -0.05) is 44.8 Å². The molecule has 1 aliphatic heterocycles. The summed E-state index contributed by atoms with van der Waals surface area (Å²) in [6, 6.07) is 15.7. The normalized spacial score (nSPS) is 16.6. The first-order valence-corrected chi connectivity index (χ1v) is 13.3. The third kappa shape index (κ3) is 7.30. The predicted octanol–water partition coefficient (Wildman–Crippen LogP) is 5.41. The molecule has 3 aromatic rings. The van der Waals surface area contributed by atoms with Crippen molar-refractivity contribution >= 4 is 45.2 Å². The van der Waals surface area contributed by atoms with E-state index in [0.717, 1.165) is 46.0 Å². The van der Waals surface area contributed by atoms with Gasteiger partial charge in [0.25, 0.3) is 0 Å². The van der Waals surface area contributed by atoms with Crippen LogP contribution in [0.1, 0.15) is 24.3 Å². The lowest BCUT2D eigenvalue weighted by atomic mass is 9.97. The van der Waals surface area contributed by atoms with Crippen LogP contribution < -0.4 is 5.32 Å². The molecule has 6 nitrogen and oxygen atoms in total. The van der Waals surface area contributed by atoms with Gasteiger partial charge < -0.3 is 9.84 Å². The zero-order valence-electron chi connectivity index (χ0n) is 18.2. The molecule has 0 bridgehead atoms. The Morgan fingerprint density at radius 2 is 2.12 bits per heavy atom. The van der Waals surface area contributed by atoms with Crippen molar-refractivity contribution in [2.45, 2.75) is 25.1 Å². The monoisotopic (exact) mass is 548 g/mol. The van der Waals surface area contributed by atoms with E-state index in [2.05, 4.69) is 42.4 Å². The third-order valence-electron chi connectivity index (χ3n) is 5.51. The second kappa shape index (κ2) is 12.0. The summed E-state index contributed by atoms with van der Waals surface area (Å²) in [7, 11) is 0. The minimum atomic E-state index is -0.00875. The zero-order chi connectivity index (χ0) is 23.0. The van der Waals surface area contributed by atoms with E-state index in [4.69, 9.17) is 16.1 Å². The average molecular weight is 550 g/mol. The van der Waals surface area contributed by atoms with Gasteiger partial charge in [0.2, 0.25) is 17.6 Å². The van der Waals surface area contributed by atoms with Gasteiger partial charge in [-0.05, 0) is 61.3 Å². The Labute approximate surface area is 211 Å². The predicted molar refractivity (Wildman–Crippen MR) is 136 cm³/mol. The minimum Gasteiger partial charge on any atom is -0.355 e. The molecule has 1 unspecified atom stereocenters. The van der Waals surface area contributed by atoms with E-state index in [1.54, 1.807) is 11.8 Å². The lowest BCUT2D eigenvalue weighted by Gasteiger charge is -2.30. The van der Waals surface area contributed by atoms with Crippen molar-refractivity contribution in [3.8, 4) is 11.4 Å². The molecule has 1 atom stereocenters. The summed E-state index contributed by atoms with van der Waals surface area (Å²) in [6.07, 6.45) is 1.89. The Morgan fingerprint density at radius 3 is 2.94 bits per heavy atom. The summed E-state index contributed by atoms with van der Waals surface area (Å²) in [5, 5.41) is 7.96. The number of likely N-dealkylation sites (tertiary alicyclic amines) is 1. The van der Waals surface area contributed by atoms with Crippen LogP contribution in [0.3, 0.4) is 0 Å². The Morgan fingerprint density at radius 1 is 1.27 bits per heavy atom. The summed E-state index contributed by atoms with van der Waals surface area (Å²) < 4.78 is 6.46. The number of hydrogen-bond donors (Lipinski definition) is 1. The SMILES string of the molecule is O=C(NCCSCc1cccc(Cl)c1)C1CCCN(Cc2nc(-c3ccc(Br)cc3)no2)C1. The van der Waals surface area contributed by atoms with Gasteiger partial charge in [0.15, 0.2) is 0 Å². The zero-order valence-corrected chi connectivity index (χ0v) is 21.3. The maximum atomic E-state index is 12.7. The van der Waals surface area contributed by atoms with Crippen LogP contribution in [0.5, 0.6) is 0 Å². The maximum Gasteiger partial charge on any atom is 0.241 e.